The lowest BCUT2D eigenvalue weighted by Crippen LogP contribution is -2.28. The van der Waals surface area contributed by atoms with Crippen molar-refractivity contribution in [2.45, 2.75) is 13.3 Å². The summed E-state index contributed by atoms with van der Waals surface area (Å²) in [6.45, 7) is 2.21. The van der Waals surface area contributed by atoms with Gasteiger partial charge in [-0.3, -0.25) is 9.59 Å². The van der Waals surface area contributed by atoms with Crippen LogP contribution in [0.25, 0.3) is 0 Å². The van der Waals surface area contributed by atoms with Gasteiger partial charge in [0, 0.05) is 23.7 Å². The van der Waals surface area contributed by atoms with Crippen LogP contribution in [0, 0.1) is 12.8 Å². The zero-order valence-corrected chi connectivity index (χ0v) is 14.6. The Bertz CT molecular complexity index is 807. The number of amides is 2. The van der Waals surface area contributed by atoms with Crippen LogP contribution < -0.4 is 10.2 Å². The topological polar surface area (TPSA) is 49.4 Å². The Morgan fingerprint density at radius 1 is 1.21 bits per heavy atom. The van der Waals surface area contributed by atoms with Crippen molar-refractivity contribution >= 4 is 46.4 Å². The summed E-state index contributed by atoms with van der Waals surface area (Å²) in [5, 5.41) is 3.83. The molecule has 1 unspecified atom stereocenters. The summed E-state index contributed by atoms with van der Waals surface area (Å²) in [4.78, 5) is 26.3. The summed E-state index contributed by atoms with van der Waals surface area (Å²) >= 11 is 12.2. The van der Waals surface area contributed by atoms with E-state index in [1.54, 1.807) is 18.2 Å². The Morgan fingerprint density at radius 3 is 2.71 bits per heavy atom. The van der Waals surface area contributed by atoms with Crippen molar-refractivity contribution < 1.29 is 9.59 Å². The molecule has 2 amide bonds. The van der Waals surface area contributed by atoms with Gasteiger partial charge in [0.15, 0.2) is 0 Å². The van der Waals surface area contributed by atoms with E-state index in [2.05, 4.69) is 5.32 Å². The van der Waals surface area contributed by atoms with E-state index in [4.69, 9.17) is 23.2 Å². The molecule has 1 saturated heterocycles. The lowest BCUT2D eigenvalue weighted by Gasteiger charge is -2.18. The number of halogens is 2. The van der Waals surface area contributed by atoms with Crippen LogP contribution in [0.1, 0.15) is 12.0 Å². The van der Waals surface area contributed by atoms with Crippen LogP contribution in [-0.2, 0) is 9.59 Å². The summed E-state index contributed by atoms with van der Waals surface area (Å²) in [6.07, 6.45) is 0.153. The van der Waals surface area contributed by atoms with Gasteiger partial charge in [0.05, 0.1) is 16.6 Å². The maximum Gasteiger partial charge on any atom is 0.229 e. The van der Waals surface area contributed by atoms with Gasteiger partial charge in [0.1, 0.15) is 0 Å². The number of hydrogen-bond acceptors (Lipinski definition) is 2. The zero-order valence-electron chi connectivity index (χ0n) is 13.1. The highest BCUT2D eigenvalue weighted by molar-refractivity contribution is 6.36. The van der Waals surface area contributed by atoms with Crippen LogP contribution in [0.5, 0.6) is 0 Å². The normalized spacial score (nSPS) is 17.2. The van der Waals surface area contributed by atoms with E-state index in [1.165, 1.54) is 4.90 Å². The van der Waals surface area contributed by atoms with E-state index < -0.39 is 5.92 Å². The molecule has 4 nitrogen and oxygen atoms in total. The third-order valence-corrected chi connectivity index (χ3v) is 4.65. The maximum atomic E-state index is 12.5. The first kappa shape index (κ1) is 16.8. The molecule has 2 aromatic carbocycles. The van der Waals surface area contributed by atoms with E-state index in [9.17, 15) is 9.59 Å². The van der Waals surface area contributed by atoms with E-state index in [-0.39, 0.29) is 24.8 Å². The number of nitrogens with one attached hydrogen (secondary N) is 1. The van der Waals surface area contributed by atoms with E-state index in [0.717, 1.165) is 11.3 Å². The Labute approximate surface area is 150 Å². The van der Waals surface area contributed by atoms with E-state index in [0.29, 0.717) is 15.7 Å². The second kappa shape index (κ2) is 6.83. The summed E-state index contributed by atoms with van der Waals surface area (Å²) in [5.41, 5.74) is 2.28. The molecular formula is C18H16Cl2N2O2. The molecule has 3 rings (SSSR count). The summed E-state index contributed by atoms with van der Waals surface area (Å²) in [7, 11) is 0. The van der Waals surface area contributed by atoms with Gasteiger partial charge in [-0.25, -0.2) is 0 Å². The smallest absolute Gasteiger partial charge is 0.229 e. The van der Waals surface area contributed by atoms with Crippen LogP contribution in [0.2, 0.25) is 10.0 Å². The lowest BCUT2D eigenvalue weighted by molar-refractivity contribution is -0.122. The molecule has 1 aliphatic heterocycles. The van der Waals surface area contributed by atoms with Crippen LogP contribution >= 0.6 is 23.2 Å². The highest BCUT2D eigenvalue weighted by Gasteiger charge is 2.36. The molecule has 1 atom stereocenters. The van der Waals surface area contributed by atoms with Crippen LogP contribution in [0.4, 0.5) is 11.4 Å². The zero-order chi connectivity index (χ0) is 17.3. The average Bonchev–Trinajstić information content (AvgIpc) is 2.94. The minimum atomic E-state index is -0.424. The molecule has 1 N–H and O–H groups in total. The highest BCUT2D eigenvalue weighted by atomic mass is 35.5. The quantitative estimate of drug-likeness (QED) is 0.884. The molecule has 0 aliphatic carbocycles. The second-order valence-corrected chi connectivity index (χ2v) is 6.65. The number of aryl methyl sites for hydroxylation is 1. The monoisotopic (exact) mass is 362 g/mol. The first-order valence-corrected chi connectivity index (χ1v) is 8.33. The Morgan fingerprint density at radius 2 is 1.96 bits per heavy atom. The molecule has 2 aromatic rings. The number of anilines is 2. The number of hydrogen-bond donors (Lipinski definition) is 1. The van der Waals surface area contributed by atoms with Gasteiger partial charge >= 0.3 is 0 Å². The van der Waals surface area contributed by atoms with Crippen molar-refractivity contribution in [1.82, 2.24) is 0 Å². The first-order chi connectivity index (χ1) is 11.5. The fourth-order valence-electron chi connectivity index (χ4n) is 2.76. The Hall–Kier alpha value is -2.04. The van der Waals surface area contributed by atoms with Crippen LogP contribution in [0.3, 0.4) is 0 Å². The minimum Gasteiger partial charge on any atom is -0.326 e. The molecule has 1 heterocycles. The van der Waals surface area contributed by atoms with E-state index >= 15 is 0 Å². The molecule has 24 heavy (non-hydrogen) atoms. The predicted molar refractivity (Wildman–Crippen MR) is 96.7 cm³/mol. The first-order valence-electron chi connectivity index (χ1n) is 7.57. The molecule has 1 aliphatic rings. The second-order valence-electron chi connectivity index (χ2n) is 5.81. The van der Waals surface area contributed by atoms with Gasteiger partial charge in [0.25, 0.3) is 0 Å². The van der Waals surface area contributed by atoms with Gasteiger partial charge in [-0.15, -0.1) is 0 Å². The molecule has 6 heteroatoms. The van der Waals surface area contributed by atoms with Crippen molar-refractivity contribution in [3.8, 4) is 0 Å². The maximum absolute atomic E-state index is 12.5. The fraction of sp³-hybridized carbons (Fsp3) is 0.222. The van der Waals surface area contributed by atoms with Crippen LogP contribution in [-0.4, -0.2) is 18.4 Å². The third-order valence-electron chi connectivity index (χ3n) is 4.10. The van der Waals surface area contributed by atoms with Gasteiger partial charge in [-0.1, -0.05) is 41.4 Å². The number of benzene rings is 2. The molecule has 124 valence electrons. The Balaban J connectivity index is 1.76. The van der Waals surface area contributed by atoms with Crippen molar-refractivity contribution in [1.29, 1.82) is 0 Å². The van der Waals surface area contributed by atoms with Gasteiger partial charge in [-0.2, -0.15) is 0 Å². The highest BCUT2D eigenvalue weighted by Crippen LogP contribution is 2.33. The Kier molecular flexibility index (Phi) is 4.78. The SMILES string of the molecule is Cc1ccccc1NC(=O)C1CC(=O)N(c2cc(Cl)ccc2Cl)C1. The third kappa shape index (κ3) is 3.40. The molecule has 0 saturated carbocycles. The standard InChI is InChI=1S/C18H16Cl2N2O2/c1-11-4-2-3-5-15(11)21-18(24)12-8-17(23)22(10-12)16-9-13(19)6-7-14(16)20/h2-7,9,12H,8,10H2,1H3,(H,21,24). The number of carbonyl (C=O) groups is 2. The van der Waals surface area contributed by atoms with Crippen molar-refractivity contribution in [2.24, 2.45) is 5.92 Å². The largest absolute Gasteiger partial charge is 0.326 e. The number of para-hydroxylation sites is 1. The van der Waals surface area contributed by atoms with Crippen LogP contribution in [0.15, 0.2) is 42.5 Å². The summed E-state index contributed by atoms with van der Waals surface area (Å²) < 4.78 is 0. The van der Waals surface area contributed by atoms with E-state index in [1.807, 2.05) is 31.2 Å². The number of nitrogens with zero attached hydrogens (tertiary/aromatic N) is 1. The van der Waals surface area contributed by atoms with Crippen molar-refractivity contribution in [3.63, 3.8) is 0 Å². The van der Waals surface area contributed by atoms with Gasteiger partial charge < -0.3 is 10.2 Å². The summed E-state index contributed by atoms with van der Waals surface area (Å²) in [5.74, 6) is -0.727. The average molecular weight is 363 g/mol. The molecule has 0 radical (unpaired) electrons. The van der Waals surface area contributed by atoms with Crippen molar-refractivity contribution in [2.75, 3.05) is 16.8 Å². The predicted octanol–water partition coefficient (Wildman–Crippen LogP) is 4.29. The van der Waals surface area contributed by atoms with Gasteiger partial charge in [-0.05, 0) is 36.8 Å². The molecule has 0 bridgehead atoms. The van der Waals surface area contributed by atoms with Gasteiger partial charge in [0.2, 0.25) is 11.8 Å². The summed E-state index contributed by atoms with van der Waals surface area (Å²) in [6, 6.07) is 12.5. The number of rotatable bonds is 3. The molecular weight excluding hydrogens is 347 g/mol. The number of carbonyl (C=O) groups excluding carboxylic acids is 2. The molecule has 0 spiro atoms. The molecule has 0 aromatic heterocycles. The molecule has 1 fully saturated rings. The lowest BCUT2D eigenvalue weighted by atomic mass is 10.1. The fourth-order valence-corrected chi connectivity index (χ4v) is 3.14. The van der Waals surface area contributed by atoms with Crippen molar-refractivity contribution in [3.05, 3.63) is 58.1 Å². The minimum absolute atomic E-state index is 0.135.